The van der Waals surface area contributed by atoms with Crippen LogP contribution in [0.1, 0.15) is 25.0 Å². The van der Waals surface area contributed by atoms with E-state index in [9.17, 15) is 4.79 Å². The lowest BCUT2D eigenvalue weighted by atomic mass is 10.1. The molecule has 0 saturated carbocycles. The fourth-order valence-electron chi connectivity index (χ4n) is 1.25. The van der Waals surface area contributed by atoms with Gasteiger partial charge in [0.05, 0.1) is 6.61 Å². The minimum atomic E-state index is -0.292. The third kappa shape index (κ3) is 3.38. The standard InChI is InChI=1S/C13H15ClO2/c1-4-16-13(15)10(3)7-11-6-5-9(2)12(14)8-11/h5-8H,4H2,1-3H3/b10-7+. The van der Waals surface area contributed by atoms with Crippen molar-refractivity contribution in [3.05, 3.63) is 39.9 Å². The highest BCUT2D eigenvalue weighted by Crippen LogP contribution is 2.18. The molecule has 0 aliphatic carbocycles. The molecule has 0 unspecified atom stereocenters. The number of halogens is 1. The van der Waals surface area contributed by atoms with Crippen LogP contribution in [0.15, 0.2) is 23.8 Å². The molecular formula is C13H15ClO2. The summed E-state index contributed by atoms with van der Waals surface area (Å²) in [6.07, 6.45) is 1.77. The van der Waals surface area contributed by atoms with Crippen molar-refractivity contribution in [1.82, 2.24) is 0 Å². The van der Waals surface area contributed by atoms with Crippen molar-refractivity contribution in [3.63, 3.8) is 0 Å². The normalized spacial score (nSPS) is 11.4. The SMILES string of the molecule is CCOC(=O)/C(C)=C/c1ccc(C)c(Cl)c1. The summed E-state index contributed by atoms with van der Waals surface area (Å²) >= 11 is 5.99. The summed E-state index contributed by atoms with van der Waals surface area (Å²) in [4.78, 5) is 11.4. The van der Waals surface area contributed by atoms with Gasteiger partial charge in [0.25, 0.3) is 0 Å². The molecule has 3 heteroatoms. The van der Waals surface area contributed by atoms with Crippen LogP contribution >= 0.6 is 11.6 Å². The number of rotatable bonds is 3. The van der Waals surface area contributed by atoms with Crippen molar-refractivity contribution in [2.24, 2.45) is 0 Å². The van der Waals surface area contributed by atoms with Gasteiger partial charge in [0.15, 0.2) is 0 Å². The van der Waals surface area contributed by atoms with E-state index in [1.807, 2.05) is 25.1 Å². The minimum Gasteiger partial charge on any atom is -0.463 e. The van der Waals surface area contributed by atoms with Gasteiger partial charge in [-0.05, 0) is 44.0 Å². The van der Waals surface area contributed by atoms with E-state index in [4.69, 9.17) is 16.3 Å². The Morgan fingerprint density at radius 1 is 1.50 bits per heavy atom. The molecule has 0 amide bonds. The van der Waals surface area contributed by atoms with Crippen molar-refractivity contribution in [1.29, 1.82) is 0 Å². The number of esters is 1. The largest absolute Gasteiger partial charge is 0.463 e. The van der Waals surface area contributed by atoms with Crippen LogP contribution in [-0.4, -0.2) is 12.6 Å². The van der Waals surface area contributed by atoms with Crippen LogP contribution in [0.4, 0.5) is 0 Å². The van der Waals surface area contributed by atoms with Crippen LogP contribution in [-0.2, 0) is 9.53 Å². The summed E-state index contributed by atoms with van der Waals surface area (Å²) in [5.74, 6) is -0.292. The van der Waals surface area contributed by atoms with E-state index in [2.05, 4.69) is 0 Å². The van der Waals surface area contributed by atoms with E-state index in [-0.39, 0.29) is 5.97 Å². The van der Waals surface area contributed by atoms with Gasteiger partial charge in [-0.15, -0.1) is 0 Å². The molecular weight excluding hydrogens is 224 g/mol. The summed E-state index contributed by atoms with van der Waals surface area (Å²) in [7, 11) is 0. The van der Waals surface area contributed by atoms with E-state index >= 15 is 0 Å². The van der Waals surface area contributed by atoms with E-state index in [1.54, 1.807) is 19.9 Å². The average Bonchev–Trinajstić information content (AvgIpc) is 2.24. The molecule has 0 N–H and O–H groups in total. The van der Waals surface area contributed by atoms with E-state index in [0.717, 1.165) is 11.1 Å². The summed E-state index contributed by atoms with van der Waals surface area (Å²) in [6.45, 7) is 5.84. The van der Waals surface area contributed by atoms with Gasteiger partial charge in [0.2, 0.25) is 0 Å². The van der Waals surface area contributed by atoms with Gasteiger partial charge in [0.1, 0.15) is 0 Å². The highest BCUT2D eigenvalue weighted by atomic mass is 35.5. The summed E-state index contributed by atoms with van der Waals surface area (Å²) in [5.41, 5.74) is 2.50. The molecule has 0 spiro atoms. The maximum absolute atomic E-state index is 11.4. The number of ether oxygens (including phenoxy) is 1. The molecule has 2 nitrogen and oxygen atoms in total. The molecule has 16 heavy (non-hydrogen) atoms. The lowest BCUT2D eigenvalue weighted by molar-refractivity contribution is -0.138. The zero-order valence-electron chi connectivity index (χ0n) is 9.71. The molecule has 0 fully saturated rings. The Hall–Kier alpha value is -1.28. The molecule has 0 heterocycles. The Labute approximate surface area is 101 Å². The molecule has 1 aromatic rings. The molecule has 1 rings (SSSR count). The molecule has 0 bridgehead atoms. The Kier molecular flexibility index (Phi) is 4.56. The topological polar surface area (TPSA) is 26.3 Å². The monoisotopic (exact) mass is 238 g/mol. The van der Waals surface area contributed by atoms with Crippen molar-refractivity contribution in [3.8, 4) is 0 Å². The Morgan fingerprint density at radius 3 is 2.75 bits per heavy atom. The highest BCUT2D eigenvalue weighted by molar-refractivity contribution is 6.31. The van der Waals surface area contributed by atoms with Crippen LogP contribution in [0.5, 0.6) is 0 Å². The van der Waals surface area contributed by atoms with Crippen molar-refractivity contribution < 1.29 is 9.53 Å². The number of carbonyl (C=O) groups excluding carboxylic acids is 1. The number of carbonyl (C=O) groups is 1. The first-order valence-electron chi connectivity index (χ1n) is 5.16. The first kappa shape index (κ1) is 12.8. The third-order valence-electron chi connectivity index (χ3n) is 2.18. The van der Waals surface area contributed by atoms with Gasteiger partial charge in [-0.2, -0.15) is 0 Å². The van der Waals surface area contributed by atoms with Crippen LogP contribution in [0.25, 0.3) is 6.08 Å². The van der Waals surface area contributed by atoms with E-state index < -0.39 is 0 Å². The van der Waals surface area contributed by atoms with Crippen LogP contribution < -0.4 is 0 Å². The second-order valence-electron chi connectivity index (χ2n) is 3.56. The smallest absolute Gasteiger partial charge is 0.333 e. The third-order valence-corrected chi connectivity index (χ3v) is 2.58. The molecule has 0 atom stereocenters. The molecule has 1 aromatic carbocycles. The lowest BCUT2D eigenvalue weighted by Gasteiger charge is -2.03. The molecule has 0 aliphatic rings. The van der Waals surface area contributed by atoms with Gasteiger partial charge in [-0.25, -0.2) is 4.79 Å². The number of aryl methyl sites for hydroxylation is 1. The lowest BCUT2D eigenvalue weighted by Crippen LogP contribution is -2.04. The summed E-state index contributed by atoms with van der Waals surface area (Å²) < 4.78 is 4.89. The van der Waals surface area contributed by atoms with Crippen LogP contribution in [0.3, 0.4) is 0 Å². The molecule has 0 aliphatic heterocycles. The maximum Gasteiger partial charge on any atom is 0.333 e. The fraction of sp³-hybridized carbons (Fsp3) is 0.308. The quantitative estimate of drug-likeness (QED) is 0.594. The van der Waals surface area contributed by atoms with E-state index in [0.29, 0.717) is 17.2 Å². The number of hydrogen-bond donors (Lipinski definition) is 0. The van der Waals surface area contributed by atoms with Gasteiger partial charge in [-0.1, -0.05) is 23.7 Å². The Morgan fingerprint density at radius 2 is 2.19 bits per heavy atom. The first-order valence-corrected chi connectivity index (χ1v) is 5.54. The van der Waals surface area contributed by atoms with Crippen molar-refractivity contribution in [2.45, 2.75) is 20.8 Å². The molecule has 0 radical (unpaired) electrons. The fourth-order valence-corrected chi connectivity index (χ4v) is 1.44. The Balaban J connectivity index is 2.89. The zero-order valence-corrected chi connectivity index (χ0v) is 10.5. The summed E-state index contributed by atoms with van der Waals surface area (Å²) in [5, 5.41) is 0.699. The molecule has 0 aromatic heterocycles. The number of hydrogen-bond acceptors (Lipinski definition) is 2. The Bertz CT molecular complexity index is 422. The van der Waals surface area contributed by atoms with Crippen LogP contribution in [0, 0.1) is 6.92 Å². The highest BCUT2D eigenvalue weighted by Gasteiger charge is 2.04. The maximum atomic E-state index is 11.4. The predicted octanol–water partition coefficient (Wildman–Crippen LogP) is 3.61. The second kappa shape index (κ2) is 5.71. The first-order chi connectivity index (χ1) is 7.54. The van der Waals surface area contributed by atoms with Crippen molar-refractivity contribution in [2.75, 3.05) is 6.61 Å². The molecule has 86 valence electrons. The van der Waals surface area contributed by atoms with Gasteiger partial charge >= 0.3 is 5.97 Å². The zero-order chi connectivity index (χ0) is 12.1. The predicted molar refractivity (Wildman–Crippen MR) is 66.5 cm³/mol. The van der Waals surface area contributed by atoms with Gasteiger partial charge in [-0.3, -0.25) is 0 Å². The van der Waals surface area contributed by atoms with Gasteiger partial charge < -0.3 is 4.74 Å². The van der Waals surface area contributed by atoms with Gasteiger partial charge in [0, 0.05) is 10.6 Å². The summed E-state index contributed by atoms with van der Waals surface area (Å²) in [6, 6.07) is 5.68. The average molecular weight is 239 g/mol. The molecule has 0 saturated heterocycles. The second-order valence-corrected chi connectivity index (χ2v) is 3.96. The van der Waals surface area contributed by atoms with E-state index in [1.165, 1.54) is 0 Å². The minimum absolute atomic E-state index is 0.292. The number of benzene rings is 1. The van der Waals surface area contributed by atoms with Crippen LogP contribution in [0.2, 0.25) is 5.02 Å². The van der Waals surface area contributed by atoms with Crippen molar-refractivity contribution >= 4 is 23.6 Å².